The molecule has 6 nitrogen and oxygen atoms in total. The summed E-state index contributed by atoms with van der Waals surface area (Å²) in [5.74, 6) is 0. The molecule has 0 fully saturated rings. The molecule has 0 amide bonds. The molecule has 0 unspecified atom stereocenters. The highest BCUT2D eigenvalue weighted by molar-refractivity contribution is 5.51. The Morgan fingerprint density at radius 1 is 0.905 bits per heavy atom. The first-order valence-corrected chi connectivity index (χ1v) is 7.15. The predicted molar refractivity (Wildman–Crippen MR) is 81.0 cm³/mol. The van der Waals surface area contributed by atoms with Crippen LogP contribution in [0.25, 0.3) is 11.1 Å². The van der Waals surface area contributed by atoms with Crippen molar-refractivity contribution in [3.63, 3.8) is 0 Å². The standard InChI is InChI=1S/C15H22N6/c1-11-8-12(2)15(10-19-5-7-21-17)13(3)14(11)9-18-4-6-20-16/h6-8,18-19H,4-5,9-10H2,1-3H3/p+2. The summed E-state index contributed by atoms with van der Waals surface area (Å²) >= 11 is 0. The van der Waals surface area contributed by atoms with E-state index in [0.29, 0.717) is 13.1 Å². The Kier molecular flexibility index (Phi) is 7.23. The normalized spacial score (nSPS) is 9.86. The van der Waals surface area contributed by atoms with Crippen LogP contribution in [0.4, 0.5) is 0 Å². The lowest BCUT2D eigenvalue weighted by atomic mass is 9.93. The largest absolute Gasteiger partial charge is 0.362 e. The van der Waals surface area contributed by atoms with Gasteiger partial charge in [-0.25, -0.2) is 0 Å². The second-order valence-corrected chi connectivity index (χ2v) is 5.15. The molecule has 6 heteroatoms. The summed E-state index contributed by atoms with van der Waals surface area (Å²) in [6, 6.07) is 2.22. The van der Waals surface area contributed by atoms with Crippen molar-refractivity contribution in [2.24, 2.45) is 0 Å². The van der Waals surface area contributed by atoms with Gasteiger partial charge in [0.15, 0.2) is 13.1 Å². The van der Waals surface area contributed by atoms with Crippen LogP contribution in [-0.4, -0.2) is 35.1 Å². The third-order valence-corrected chi connectivity index (χ3v) is 3.69. The van der Waals surface area contributed by atoms with Crippen molar-refractivity contribution >= 4 is 12.4 Å². The predicted octanol–water partition coefficient (Wildman–Crippen LogP) is -0.660. The van der Waals surface area contributed by atoms with Crippen molar-refractivity contribution in [1.29, 1.82) is 0 Å². The minimum absolute atomic E-state index is 0.664. The van der Waals surface area contributed by atoms with Gasteiger partial charge in [-0.05, 0) is 37.5 Å². The maximum atomic E-state index is 8.41. The van der Waals surface area contributed by atoms with Gasteiger partial charge in [-0.2, -0.15) is 9.58 Å². The van der Waals surface area contributed by atoms with Crippen molar-refractivity contribution in [2.75, 3.05) is 13.1 Å². The average Bonchev–Trinajstić information content (AvgIpc) is 2.45. The maximum Gasteiger partial charge on any atom is 0.311 e. The molecule has 4 N–H and O–H groups in total. The number of aryl methyl sites for hydroxylation is 2. The summed E-state index contributed by atoms with van der Waals surface area (Å²) in [6.07, 6.45) is 2.98. The Morgan fingerprint density at radius 2 is 1.33 bits per heavy atom. The molecule has 0 aromatic heterocycles. The lowest BCUT2D eigenvalue weighted by Gasteiger charge is -2.15. The van der Waals surface area contributed by atoms with Crippen LogP contribution in [0.3, 0.4) is 0 Å². The van der Waals surface area contributed by atoms with E-state index in [1.54, 1.807) is 0 Å². The summed E-state index contributed by atoms with van der Waals surface area (Å²) < 4.78 is 0. The first-order valence-electron chi connectivity index (χ1n) is 7.15. The molecule has 0 spiro atoms. The van der Waals surface area contributed by atoms with Crippen molar-refractivity contribution in [2.45, 2.75) is 33.9 Å². The molecular weight excluding hydrogens is 264 g/mol. The summed E-state index contributed by atoms with van der Waals surface area (Å²) in [6.45, 7) is 9.50. The number of quaternary nitrogens is 2. The molecule has 1 aromatic carbocycles. The molecule has 112 valence electrons. The summed E-state index contributed by atoms with van der Waals surface area (Å²) in [5, 5.41) is 4.21. The van der Waals surface area contributed by atoms with Crippen molar-refractivity contribution < 1.29 is 20.2 Å². The molecule has 0 aliphatic heterocycles. The van der Waals surface area contributed by atoms with Gasteiger partial charge in [0.1, 0.15) is 13.1 Å². The highest BCUT2D eigenvalue weighted by atomic mass is 14.9. The Morgan fingerprint density at radius 3 is 1.71 bits per heavy atom. The van der Waals surface area contributed by atoms with Crippen LogP contribution in [0.15, 0.2) is 6.07 Å². The number of benzene rings is 1. The van der Waals surface area contributed by atoms with E-state index in [9.17, 15) is 0 Å². The molecule has 0 aliphatic rings. The average molecular weight is 288 g/mol. The van der Waals surface area contributed by atoms with Crippen LogP contribution in [0.2, 0.25) is 0 Å². The number of hydrogen-bond donors (Lipinski definition) is 2. The van der Waals surface area contributed by atoms with E-state index in [1.165, 1.54) is 40.2 Å². The summed E-state index contributed by atoms with van der Waals surface area (Å²) in [5.41, 5.74) is 23.4. The molecule has 0 saturated heterocycles. The van der Waals surface area contributed by atoms with Gasteiger partial charge in [0.25, 0.3) is 0 Å². The maximum absolute atomic E-state index is 8.41. The van der Waals surface area contributed by atoms with E-state index in [2.05, 4.69) is 47.1 Å². The summed E-state index contributed by atoms with van der Waals surface area (Å²) in [4.78, 5) is 6.01. The van der Waals surface area contributed by atoms with E-state index in [0.717, 1.165) is 13.1 Å². The zero-order valence-electron chi connectivity index (χ0n) is 13.0. The zero-order chi connectivity index (χ0) is 15.7. The third kappa shape index (κ3) is 5.06. The minimum atomic E-state index is 0.664. The number of rotatable bonds is 8. The van der Waals surface area contributed by atoms with Crippen LogP contribution in [-0.2, 0) is 13.1 Å². The van der Waals surface area contributed by atoms with E-state index in [1.807, 2.05) is 0 Å². The van der Waals surface area contributed by atoms with Crippen LogP contribution < -0.4 is 10.6 Å². The Balaban J connectivity index is 2.87. The Hall–Kier alpha value is -2.10. The van der Waals surface area contributed by atoms with Gasteiger partial charge in [-0.15, -0.1) is 0 Å². The second-order valence-electron chi connectivity index (χ2n) is 5.15. The highest BCUT2D eigenvalue weighted by Gasteiger charge is 2.13. The first kappa shape index (κ1) is 17.0. The van der Waals surface area contributed by atoms with Crippen molar-refractivity contribution in [3.8, 4) is 0 Å². The molecule has 1 aromatic rings. The monoisotopic (exact) mass is 288 g/mol. The molecule has 0 aliphatic carbocycles. The minimum Gasteiger partial charge on any atom is -0.362 e. The van der Waals surface area contributed by atoms with Crippen molar-refractivity contribution in [3.05, 3.63) is 44.9 Å². The number of hydrogen-bond acceptors (Lipinski definition) is 0. The Bertz CT molecular complexity index is 532. The zero-order valence-corrected chi connectivity index (χ0v) is 13.0. The van der Waals surface area contributed by atoms with Gasteiger partial charge in [0.2, 0.25) is 0 Å². The van der Waals surface area contributed by atoms with Crippen LogP contribution in [0.1, 0.15) is 27.8 Å². The molecule has 0 heterocycles. The number of nitrogens with zero attached hydrogens (tertiary/aromatic N) is 4. The lowest BCUT2D eigenvalue weighted by Crippen LogP contribution is -2.83. The van der Waals surface area contributed by atoms with E-state index < -0.39 is 0 Å². The van der Waals surface area contributed by atoms with E-state index in [-0.39, 0.29) is 0 Å². The van der Waals surface area contributed by atoms with Crippen LogP contribution in [0.5, 0.6) is 0 Å². The molecule has 0 atom stereocenters. The molecule has 0 saturated carbocycles. The van der Waals surface area contributed by atoms with Gasteiger partial charge < -0.3 is 21.7 Å². The van der Waals surface area contributed by atoms with Crippen LogP contribution >= 0.6 is 0 Å². The number of nitrogens with two attached hydrogens (primary N) is 2. The van der Waals surface area contributed by atoms with Crippen molar-refractivity contribution in [1.82, 2.24) is 0 Å². The third-order valence-electron chi connectivity index (χ3n) is 3.69. The smallest absolute Gasteiger partial charge is 0.311 e. The SMILES string of the molecule is Cc1cc(C)c(C[NH2+]CC=[N+]=[N-])c(C)c1C[NH2+]CC=[N+]=[N-]. The highest BCUT2D eigenvalue weighted by Crippen LogP contribution is 2.20. The van der Waals surface area contributed by atoms with Gasteiger partial charge >= 0.3 is 12.4 Å². The first-order chi connectivity index (χ1) is 10.1. The molecule has 0 bridgehead atoms. The van der Waals surface area contributed by atoms with Gasteiger partial charge in [0.05, 0.1) is 0 Å². The summed E-state index contributed by atoms with van der Waals surface area (Å²) in [7, 11) is 0. The van der Waals surface area contributed by atoms with Gasteiger partial charge in [-0.3, -0.25) is 0 Å². The second kappa shape index (κ2) is 8.95. The molecule has 1 rings (SSSR count). The molecule has 0 radical (unpaired) electrons. The Labute approximate surface area is 125 Å². The van der Waals surface area contributed by atoms with E-state index in [4.69, 9.17) is 11.1 Å². The fourth-order valence-electron chi connectivity index (χ4n) is 2.60. The fourth-order valence-corrected chi connectivity index (χ4v) is 2.60. The fraction of sp³-hybridized carbons (Fsp3) is 0.467. The van der Waals surface area contributed by atoms with Gasteiger partial charge in [-0.1, -0.05) is 6.07 Å². The van der Waals surface area contributed by atoms with Gasteiger partial charge in [0, 0.05) is 11.1 Å². The molecule has 21 heavy (non-hydrogen) atoms. The topological polar surface area (TPSA) is 106 Å². The van der Waals surface area contributed by atoms with E-state index >= 15 is 0 Å². The molecular formula is C15H24N6+2. The lowest BCUT2D eigenvalue weighted by molar-refractivity contribution is -0.659. The van der Waals surface area contributed by atoms with Crippen LogP contribution in [0, 0.1) is 20.8 Å². The quantitative estimate of drug-likeness (QED) is 0.274.